The summed E-state index contributed by atoms with van der Waals surface area (Å²) in [5.41, 5.74) is 1.34. The highest BCUT2D eigenvalue weighted by molar-refractivity contribution is 5.65. The molecule has 1 atom stereocenters. The summed E-state index contributed by atoms with van der Waals surface area (Å²) in [6, 6.07) is 0.495. The molecule has 0 bridgehead atoms. The van der Waals surface area contributed by atoms with Crippen molar-refractivity contribution in [1.29, 1.82) is 0 Å². The van der Waals surface area contributed by atoms with Crippen LogP contribution in [0.4, 0.5) is 11.6 Å². The topological polar surface area (TPSA) is 54.2 Å². The summed E-state index contributed by atoms with van der Waals surface area (Å²) >= 11 is 0. The van der Waals surface area contributed by atoms with Gasteiger partial charge in [0.05, 0.1) is 6.20 Å². The molecule has 2 N–H and O–H groups in total. The van der Waals surface area contributed by atoms with E-state index in [2.05, 4.69) is 36.4 Å². The zero-order chi connectivity index (χ0) is 14.9. The van der Waals surface area contributed by atoms with Crippen LogP contribution in [0.15, 0.2) is 18.6 Å². The Morgan fingerprint density at radius 1 is 1.43 bits per heavy atom. The van der Waals surface area contributed by atoms with Crippen molar-refractivity contribution in [3.05, 3.63) is 18.6 Å². The van der Waals surface area contributed by atoms with Crippen LogP contribution >= 0.6 is 0 Å². The predicted molar refractivity (Wildman–Crippen MR) is 86.8 cm³/mol. The monoisotopic (exact) mass is 287 g/mol. The Labute approximate surface area is 126 Å². The first-order valence-electron chi connectivity index (χ1n) is 7.91. The van der Waals surface area contributed by atoms with E-state index in [0.29, 0.717) is 11.5 Å². The fraction of sp³-hybridized carbons (Fsp3) is 0.625. The van der Waals surface area contributed by atoms with Crippen molar-refractivity contribution < 1.29 is 0 Å². The zero-order valence-electron chi connectivity index (χ0n) is 13.2. The average molecular weight is 287 g/mol. The van der Waals surface area contributed by atoms with Crippen molar-refractivity contribution in [3.8, 4) is 0 Å². The summed E-state index contributed by atoms with van der Waals surface area (Å²) in [5, 5.41) is 6.97. The molecule has 5 heteroatoms. The normalized spacial score (nSPS) is 20.8. The maximum atomic E-state index is 4.72. The maximum absolute atomic E-state index is 4.72. The van der Waals surface area contributed by atoms with Crippen LogP contribution in [0.25, 0.3) is 5.65 Å². The SMILES string of the molecule is CCCNc1cn2ccnc2c(NC2CCC(C)(C)C2)n1. The van der Waals surface area contributed by atoms with Crippen LogP contribution in [-0.2, 0) is 0 Å². The lowest BCUT2D eigenvalue weighted by Crippen LogP contribution is -2.19. The fourth-order valence-corrected chi connectivity index (χ4v) is 3.12. The maximum Gasteiger partial charge on any atom is 0.180 e. The summed E-state index contributed by atoms with van der Waals surface area (Å²) in [6.07, 6.45) is 10.5. The second kappa shape index (κ2) is 5.54. The molecule has 0 amide bonds. The third kappa shape index (κ3) is 3.12. The molecule has 5 nitrogen and oxygen atoms in total. The van der Waals surface area contributed by atoms with E-state index in [0.717, 1.165) is 30.2 Å². The lowest BCUT2D eigenvalue weighted by molar-refractivity contribution is 0.378. The molecule has 1 aliphatic carbocycles. The molecule has 2 aromatic rings. The number of fused-ring (bicyclic) bond motifs is 1. The van der Waals surface area contributed by atoms with Crippen LogP contribution in [0.5, 0.6) is 0 Å². The third-order valence-electron chi connectivity index (χ3n) is 4.24. The van der Waals surface area contributed by atoms with E-state index in [4.69, 9.17) is 4.98 Å². The molecule has 2 aromatic heterocycles. The average Bonchev–Trinajstić information content (AvgIpc) is 3.03. The number of nitrogens with zero attached hydrogens (tertiary/aromatic N) is 3. The Morgan fingerprint density at radius 3 is 3.00 bits per heavy atom. The van der Waals surface area contributed by atoms with Gasteiger partial charge in [0.2, 0.25) is 0 Å². The Hall–Kier alpha value is -1.78. The second-order valence-corrected chi connectivity index (χ2v) is 6.81. The highest BCUT2D eigenvalue weighted by Crippen LogP contribution is 2.38. The van der Waals surface area contributed by atoms with Crippen molar-refractivity contribution >= 4 is 17.3 Å². The number of aromatic nitrogens is 3. The minimum Gasteiger partial charge on any atom is -0.369 e. The van der Waals surface area contributed by atoms with Crippen molar-refractivity contribution in [2.24, 2.45) is 5.41 Å². The molecule has 0 aliphatic heterocycles. The highest BCUT2D eigenvalue weighted by Gasteiger charge is 2.31. The molecular weight excluding hydrogens is 262 g/mol. The minimum atomic E-state index is 0.432. The zero-order valence-corrected chi connectivity index (χ0v) is 13.2. The quantitative estimate of drug-likeness (QED) is 0.883. The summed E-state index contributed by atoms with van der Waals surface area (Å²) in [6.45, 7) is 7.77. The molecule has 1 fully saturated rings. The molecule has 0 radical (unpaired) electrons. The fourth-order valence-electron chi connectivity index (χ4n) is 3.12. The van der Waals surface area contributed by atoms with Gasteiger partial charge in [0.1, 0.15) is 5.82 Å². The summed E-state index contributed by atoms with van der Waals surface area (Å²) in [5.74, 6) is 1.80. The number of rotatable bonds is 5. The molecule has 1 aliphatic rings. The van der Waals surface area contributed by atoms with Crippen molar-refractivity contribution in [3.63, 3.8) is 0 Å². The van der Waals surface area contributed by atoms with Gasteiger partial charge in [-0.1, -0.05) is 20.8 Å². The van der Waals surface area contributed by atoms with Crippen LogP contribution in [0.3, 0.4) is 0 Å². The van der Waals surface area contributed by atoms with E-state index in [-0.39, 0.29) is 0 Å². The van der Waals surface area contributed by atoms with Gasteiger partial charge in [-0.05, 0) is 31.1 Å². The van der Waals surface area contributed by atoms with Crippen LogP contribution < -0.4 is 10.6 Å². The van der Waals surface area contributed by atoms with Crippen molar-refractivity contribution in [2.75, 3.05) is 17.2 Å². The lowest BCUT2D eigenvalue weighted by Gasteiger charge is -2.19. The van der Waals surface area contributed by atoms with Gasteiger partial charge in [-0.25, -0.2) is 9.97 Å². The van der Waals surface area contributed by atoms with E-state index in [1.54, 1.807) is 0 Å². The van der Waals surface area contributed by atoms with Gasteiger partial charge in [0.15, 0.2) is 11.5 Å². The molecule has 2 heterocycles. The molecule has 1 saturated carbocycles. The number of imidazole rings is 1. The molecule has 0 aromatic carbocycles. The lowest BCUT2D eigenvalue weighted by atomic mass is 9.92. The van der Waals surface area contributed by atoms with Crippen LogP contribution in [0, 0.1) is 5.41 Å². The van der Waals surface area contributed by atoms with Crippen molar-refractivity contribution in [1.82, 2.24) is 14.4 Å². The molecule has 21 heavy (non-hydrogen) atoms. The third-order valence-corrected chi connectivity index (χ3v) is 4.24. The Balaban J connectivity index is 1.84. The number of nitrogens with one attached hydrogen (secondary N) is 2. The van der Waals surface area contributed by atoms with Gasteiger partial charge >= 0.3 is 0 Å². The second-order valence-electron chi connectivity index (χ2n) is 6.81. The van der Waals surface area contributed by atoms with E-state index < -0.39 is 0 Å². The number of anilines is 2. The van der Waals surface area contributed by atoms with Gasteiger partial charge in [-0.15, -0.1) is 0 Å². The van der Waals surface area contributed by atoms with Crippen LogP contribution in [0.2, 0.25) is 0 Å². The van der Waals surface area contributed by atoms with Gasteiger partial charge in [0, 0.05) is 25.0 Å². The number of hydrogen-bond acceptors (Lipinski definition) is 4. The molecule has 0 spiro atoms. The Morgan fingerprint density at radius 2 is 2.29 bits per heavy atom. The van der Waals surface area contributed by atoms with E-state index in [9.17, 15) is 0 Å². The first-order chi connectivity index (χ1) is 10.1. The summed E-state index contributed by atoms with van der Waals surface area (Å²) in [7, 11) is 0. The molecular formula is C16H25N5. The van der Waals surface area contributed by atoms with Crippen molar-refractivity contribution in [2.45, 2.75) is 52.5 Å². The highest BCUT2D eigenvalue weighted by atomic mass is 15.2. The van der Waals surface area contributed by atoms with Crippen LogP contribution in [-0.4, -0.2) is 27.0 Å². The largest absolute Gasteiger partial charge is 0.369 e. The molecule has 3 rings (SSSR count). The predicted octanol–water partition coefficient (Wildman–Crippen LogP) is 3.54. The summed E-state index contributed by atoms with van der Waals surface area (Å²) < 4.78 is 2.04. The van der Waals surface area contributed by atoms with E-state index in [1.807, 2.05) is 23.0 Å². The van der Waals surface area contributed by atoms with E-state index >= 15 is 0 Å². The first-order valence-corrected chi connectivity index (χ1v) is 7.91. The smallest absolute Gasteiger partial charge is 0.180 e. The standard InChI is InChI=1S/C16H25N5/c1-4-7-17-13-11-21-9-8-18-15(21)14(20-13)19-12-5-6-16(2,3)10-12/h8-9,11-12,17H,4-7,10H2,1-3H3,(H,19,20). The van der Waals surface area contributed by atoms with Gasteiger partial charge in [-0.3, -0.25) is 0 Å². The van der Waals surface area contributed by atoms with Gasteiger partial charge in [-0.2, -0.15) is 0 Å². The molecule has 1 unspecified atom stereocenters. The van der Waals surface area contributed by atoms with E-state index in [1.165, 1.54) is 19.3 Å². The molecule has 0 saturated heterocycles. The Bertz CT molecular complexity index is 616. The minimum absolute atomic E-state index is 0.432. The van der Waals surface area contributed by atoms with Gasteiger partial charge < -0.3 is 15.0 Å². The number of hydrogen-bond donors (Lipinski definition) is 2. The molecule has 114 valence electrons. The van der Waals surface area contributed by atoms with Gasteiger partial charge in [0.25, 0.3) is 0 Å². The summed E-state index contributed by atoms with van der Waals surface area (Å²) in [4.78, 5) is 9.14. The first kappa shape index (κ1) is 14.2. The Kier molecular flexibility index (Phi) is 3.74. The van der Waals surface area contributed by atoms with Crippen LogP contribution in [0.1, 0.15) is 46.5 Å².